The first kappa shape index (κ1) is 50.9. The number of hydrogen-bond acceptors (Lipinski definition) is 10. The molecular formula is C40H51ClCsN7O8S. The van der Waals surface area contributed by atoms with Gasteiger partial charge < -0.3 is 48.8 Å². The molecule has 0 bridgehead atoms. The first-order chi connectivity index (χ1) is 26.7. The predicted molar refractivity (Wildman–Crippen MR) is 222 cm³/mol. The third-order valence-corrected chi connectivity index (χ3v) is 10.5. The second kappa shape index (κ2) is 24.1. The van der Waals surface area contributed by atoms with E-state index in [1.165, 1.54) is 23.8 Å². The topological polar surface area (TPSA) is 210 Å². The van der Waals surface area contributed by atoms with Crippen LogP contribution in [0.15, 0.2) is 48.5 Å². The number of imide groups is 1. The van der Waals surface area contributed by atoms with Gasteiger partial charge in [0.05, 0.1) is 24.9 Å². The Hall–Kier alpha value is -3.27. The van der Waals surface area contributed by atoms with Gasteiger partial charge in [0.25, 0.3) is 5.91 Å². The van der Waals surface area contributed by atoms with E-state index in [0.29, 0.717) is 56.6 Å². The summed E-state index contributed by atoms with van der Waals surface area (Å²) in [6.07, 6.45) is 2.82. The van der Waals surface area contributed by atoms with Crippen molar-refractivity contribution in [2.24, 2.45) is 11.7 Å². The average molecular weight is 958 g/mol. The van der Waals surface area contributed by atoms with Crippen molar-refractivity contribution in [2.75, 3.05) is 24.0 Å². The zero-order valence-electron chi connectivity index (χ0n) is 34.1. The summed E-state index contributed by atoms with van der Waals surface area (Å²) in [4.78, 5) is 74.2. The summed E-state index contributed by atoms with van der Waals surface area (Å²) in [5.74, 6) is -0.484. The Morgan fingerprint density at radius 3 is 2.38 bits per heavy atom. The molecule has 58 heavy (non-hydrogen) atoms. The third kappa shape index (κ3) is 13.6. The van der Waals surface area contributed by atoms with E-state index in [1.807, 2.05) is 34.0 Å². The number of anilines is 2. The predicted octanol–water partition coefficient (Wildman–Crippen LogP) is 2.14. The Bertz CT molecular complexity index is 1970. The van der Waals surface area contributed by atoms with Gasteiger partial charge in [0.1, 0.15) is 24.1 Å². The molecule has 0 spiro atoms. The molecule has 18 heteroatoms. The van der Waals surface area contributed by atoms with Crippen molar-refractivity contribution in [3.05, 3.63) is 88.8 Å². The summed E-state index contributed by atoms with van der Waals surface area (Å²) in [7, 11) is 1.50. The van der Waals surface area contributed by atoms with E-state index in [-0.39, 0.29) is 144 Å². The number of urea groups is 1. The number of fused-ring (bicyclic) bond motifs is 1. The molecule has 0 saturated carbocycles. The molecule has 308 valence electrons. The molecule has 2 heterocycles. The fourth-order valence-corrected chi connectivity index (χ4v) is 6.66. The van der Waals surface area contributed by atoms with Crippen LogP contribution < -0.4 is 111 Å². The fraction of sp³-hybridized carbons (Fsp3) is 0.375. The number of aryl methyl sites for hydroxylation is 1. The molecule has 0 radical (unpaired) electrons. The number of amides is 7. The standard InChI is InChI=1S/C31H30ClN5O7.C8H18N2OS.CH3.Cs/c1-17-3-6-21(11-24(17)32)35-31(42)33-13-18-5-8-22-23(14-37(30(22)41)25-9-10-27(39)36-29(25)40)28(18)44-15-19-4-7-20(34-16-38)12-26(19)43-2;1-5(2)10-8(11)6(3)7(9)12-4;;/h3-8,11-12,16,25H,9-10,13-15H2,1-2H3,(H,34,38)(H2,33,35,42)(H,36,39,40);5-7H,9H2,1-4H3,(H,10,11);1H3;/q;;-1;+1/t;6-,7?;;/m.1../s1. The fourth-order valence-electron chi connectivity index (χ4n) is 5.94. The Kier molecular flexibility index (Phi) is 21.1. The largest absolute Gasteiger partial charge is 1.00 e. The molecule has 0 aliphatic carbocycles. The van der Waals surface area contributed by atoms with Crippen molar-refractivity contribution in [1.82, 2.24) is 20.9 Å². The van der Waals surface area contributed by atoms with Crippen LogP contribution >= 0.6 is 23.4 Å². The van der Waals surface area contributed by atoms with Gasteiger partial charge in [-0.25, -0.2) is 4.79 Å². The summed E-state index contributed by atoms with van der Waals surface area (Å²) in [6, 6.07) is 12.5. The summed E-state index contributed by atoms with van der Waals surface area (Å²) in [5.41, 5.74) is 9.82. The van der Waals surface area contributed by atoms with Crippen LogP contribution in [0.2, 0.25) is 5.02 Å². The molecule has 3 aromatic carbocycles. The Labute approximate surface area is 407 Å². The zero-order valence-corrected chi connectivity index (χ0v) is 42.0. The molecular weight excluding hydrogens is 907 g/mol. The van der Waals surface area contributed by atoms with Crippen LogP contribution in [0.3, 0.4) is 0 Å². The molecule has 1 saturated heterocycles. The van der Waals surface area contributed by atoms with E-state index >= 15 is 0 Å². The maximum Gasteiger partial charge on any atom is 1.00 e. The van der Waals surface area contributed by atoms with E-state index in [1.54, 1.807) is 48.5 Å². The normalized spacial score (nSPS) is 15.2. The molecule has 2 aliphatic rings. The third-order valence-electron chi connectivity index (χ3n) is 9.11. The van der Waals surface area contributed by atoms with Crippen LogP contribution in [0.4, 0.5) is 16.2 Å². The van der Waals surface area contributed by atoms with Gasteiger partial charge in [0, 0.05) is 63.7 Å². The second-order valence-electron chi connectivity index (χ2n) is 13.5. The van der Waals surface area contributed by atoms with Crippen molar-refractivity contribution >= 4 is 70.8 Å². The van der Waals surface area contributed by atoms with Gasteiger partial charge in [-0.1, -0.05) is 30.7 Å². The Morgan fingerprint density at radius 2 is 1.76 bits per heavy atom. The van der Waals surface area contributed by atoms with Crippen LogP contribution in [0.25, 0.3) is 0 Å². The monoisotopic (exact) mass is 957 g/mol. The number of ether oxygens (including phenoxy) is 2. The van der Waals surface area contributed by atoms with Crippen LogP contribution in [-0.2, 0) is 38.9 Å². The number of carbonyl (C=O) groups excluding carboxylic acids is 6. The first-order valence-corrected chi connectivity index (χ1v) is 19.5. The smallest absolute Gasteiger partial charge is 0.496 e. The molecule has 3 aromatic rings. The van der Waals surface area contributed by atoms with Gasteiger partial charge in [0.15, 0.2) is 0 Å². The SMILES string of the molecule is COc1cc(NC=O)ccc1COc1c(CNC(=O)Nc2ccc(C)c(Cl)c2)ccc2c1CN(C1CCC(=O)NC1=O)C2=O.CSC(N)[C@@H](C)C(=O)NC(C)C.[CH3-].[Cs+]. The number of thioether (sulfide) groups is 1. The van der Waals surface area contributed by atoms with Gasteiger partial charge >= 0.3 is 74.9 Å². The van der Waals surface area contributed by atoms with Crippen molar-refractivity contribution in [1.29, 1.82) is 0 Å². The summed E-state index contributed by atoms with van der Waals surface area (Å²) in [5, 5.41) is 13.7. The molecule has 2 aliphatic heterocycles. The number of nitrogens with two attached hydrogens (primary N) is 1. The number of hydrogen-bond donors (Lipinski definition) is 6. The zero-order chi connectivity index (χ0) is 41.1. The quantitative estimate of drug-likeness (QED) is 0.0601. The maximum absolute atomic E-state index is 13.4. The van der Waals surface area contributed by atoms with E-state index < -0.39 is 18.0 Å². The van der Waals surface area contributed by atoms with E-state index in [0.717, 1.165) is 5.56 Å². The molecule has 5 rings (SSSR count). The number of benzene rings is 3. The van der Waals surface area contributed by atoms with E-state index in [4.69, 9.17) is 26.8 Å². The van der Waals surface area contributed by atoms with Gasteiger partial charge in [0.2, 0.25) is 24.1 Å². The summed E-state index contributed by atoms with van der Waals surface area (Å²) >= 11 is 7.69. The molecule has 2 unspecified atom stereocenters. The van der Waals surface area contributed by atoms with Crippen molar-refractivity contribution in [2.45, 2.75) is 77.7 Å². The van der Waals surface area contributed by atoms with Crippen LogP contribution in [0.5, 0.6) is 11.5 Å². The number of piperidine rings is 1. The van der Waals surface area contributed by atoms with E-state index in [9.17, 15) is 28.8 Å². The first-order valence-electron chi connectivity index (χ1n) is 17.9. The number of halogens is 1. The van der Waals surface area contributed by atoms with Gasteiger partial charge in [-0.3, -0.25) is 29.3 Å². The van der Waals surface area contributed by atoms with Crippen LogP contribution in [-0.4, -0.2) is 71.8 Å². The van der Waals surface area contributed by atoms with Gasteiger partial charge in [-0.05, 0) is 69.3 Å². The van der Waals surface area contributed by atoms with Crippen molar-refractivity contribution in [3.63, 3.8) is 0 Å². The molecule has 7 amide bonds. The molecule has 0 aromatic heterocycles. The number of rotatable bonds is 14. The summed E-state index contributed by atoms with van der Waals surface area (Å²) in [6.45, 7) is 7.76. The second-order valence-corrected chi connectivity index (χ2v) is 14.9. The van der Waals surface area contributed by atoms with Crippen molar-refractivity contribution in [3.8, 4) is 11.5 Å². The number of methoxy groups -OCH3 is 1. The minimum atomic E-state index is -0.799. The minimum absolute atomic E-state index is 0. The molecule has 1 fully saturated rings. The minimum Gasteiger partial charge on any atom is -0.496 e. The average Bonchev–Trinajstić information content (AvgIpc) is 3.49. The molecule has 3 atom stereocenters. The number of nitrogens with one attached hydrogen (secondary N) is 5. The van der Waals surface area contributed by atoms with E-state index in [2.05, 4.69) is 26.6 Å². The Morgan fingerprint density at radius 1 is 1.07 bits per heavy atom. The molecule has 7 N–H and O–H groups in total. The molecule has 15 nitrogen and oxygen atoms in total. The number of nitrogens with zero attached hydrogens (tertiary/aromatic N) is 1. The summed E-state index contributed by atoms with van der Waals surface area (Å²) < 4.78 is 11.8. The van der Waals surface area contributed by atoms with Gasteiger partial charge in [-0.15, -0.1) is 11.8 Å². The number of carbonyl (C=O) groups is 6. The van der Waals surface area contributed by atoms with Crippen LogP contribution in [0.1, 0.15) is 66.2 Å². The van der Waals surface area contributed by atoms with Crippen LogP contribution in [0, 0.1) is 20.3 Å². The Balaban J connectivity index is 0.000000721. The maximum atomic E-state index is 13.4. The van der Waals surface area contributed by atoms with Gasteiger partial charge in [-0.2, -0.15) is 0 Å². The van der Waals surface area contributed by atoms with Crippen molar-refractivity contribution < 1.29 is 107 Å².